The molecule has 0 unspecified atom stereocenters. The van der Waals surface area contributed by atoms with E-state index in [9.17, 15) is 4.39 Å². The first-order chi connectivity index (χ1) is 18.0. The molecular formula is C29H32F2N6. The fourth-order valence-electron chi connectivity index (χ4n) is 6.07. The van der Waals surface area contributed by atoms with Crippen LogP contribution in [-0.2, 0) is 0 Å². The SMILES string of the molecule is CN1CCN(C2CCC(n3cc(-c4ccc(-c5cccc(F)c5)c(F)c4)c4c(N)ncnc43)CC2)CC1. The number of hydrogen-bond acceptors (Lipinski definition) is 5. The second-order valence-corrected chi connectivity index (χ2v) is 10.4. The molecule has 1 aliphatic heterocycles. The Hall–Kier alpha value is -3.36. The number of hydrogen-bond donors (Lipinski definition) is 1. The number of piperazine rings is 1. The molecule has 2 aromatic carbocycles. The lowest BCUT2D eigenvalue weighted by molar-refractivity contribution is 0.0828. The van der Waals surface area contributed by atoms with Crippen molar-refractivity contribution in [2.45, 2.75) is 37.8 Å². The zero-order valence-corrected chi connectivity index (χ0v) is 21.1. The predicted molar refractivity (Wildman–Crippen MR) is 143 cm³/mol. The third-order valence-corrected chi connectivity index (χ3v) is 8.17. The first-order valence-corrected chi connectivity index (χ1v) is 13.1. The summed E-state index contributed by atoms with van der Waals surface area (Å²) in [4.78, 5) is 13.9. The van der Waals surface area contributed by atoms with E-state index in [2.05, 4.69) is 37.6 Å². The van der Waals surface area contributed by atoms with Gasteiger partial charge in [-0.2, -0.15) is 0 Å². The standard InChI is InChI=1S/C29H32F2N6/c1-35-11-13-36(14-12-35)22-6-8-23(9-7-22)37-17-25(27-28(32)33-18-34-29(27)37)20-5-10-24(26(31)16-20)19-3-2-4-21(30)15-19/h2-5,10,15-18,22-23H,6-9,11-14H2,1H3,(H2,32,33,34). The average Bonchev–Trinajstić information content (AvgIpc) is 3.30. The summed E-state index contributed by atoms with van der Waals surface area (Å²) >= 11 is 0. The predicted octanol–water partition coefficient (Wildman–Crippen LogP) is 5.36. The van der Waals surface area contributed by atoms with Crippen LogP contribution in [0.3, 0.4) is 0 Å². The molecule has 6 nitrogen and oxygen atoms in total. The first kappa shape index (κ1) is 24.0. The first-order valence-electron chi connectivity index (χ1n) is 13.1. The third kappa shape index (κ3) is 4.60. The summed E-state index contributed by atoms with van der Waals surface area (Å²) in [7, 11) is 2.19. The second kappa shape index (κ2) is 9.84. The fraction of sp³-hybridized carbons (Fsp3) is 0.379. The number of fused-ring (bicyclic) bond motifs is 1. The van der Waals surface area contributed by atoms with E-state index >= 15 is 4.39 Å². The fourth-order valence-corrected chi connectivity index (χ4v) is 6.07. The number of likely N-dealkylation sites (N-methyl/N-ethyl adjacent to an activating group) is 1. The Morgan fingerprint density at radius 3 is 2.30 bits per heavy atom. The van der Waals surface area contributed by atoms with Gasteiger partial charge < -0.3 is 15.2 Å². The van der Waals surface area contributed by atoms with Crippen LogP contribution in [0.2, 0.25) is 0 Å². The zero-order chi connectivity index (χ0) is 25.5. The molecule has 2 fully saturated rings. The van der Waals surface area contributed by atoms with Gasteiger partial charge in [-0.3, -0.25) is 4.90 Å². The van der Waals surface area contributed by atoms with Crippen LogP contribution in [0, 0.1) is 11.6 Å². The Balaban J connectivity index is 1.30. The summed E-state index contributed by atoms with van der Waals surface area (Å²) in [5.41, 5.74) is 9.51. The van der Waals surface area contributed by atoms with Crippen molar-refractivity contribution >= 4 is 16.9 Å². The number of anilines is 1. The van der Waals surface area contributed by atoms with E-state index in [1.165, 1.54) is 24.5 Å². The van der Waals surface area contributed by atoms with Crippen LogP contribution in [-0.4, -0.2) is 63.6 Å². The Bertz CT molecular complexity index is 1420. The number of halogens is 2. The van der Waals surface area contributed by atoms with E-state index in [0.717, 1.165) is 68.5 Å². The van der Waals surface area contributed by atoms with Gasteiger partial charge in [-0.15, -0.1) is 0 Å². The number of nitrogens with zero attached hydrogens (tertiary/aromatic N) is 5. The molecule has 6 rings (SSSR count). The van der Waals surface area contributed by atoms with E-state index in [0.29, 0.717) is 34.6 Å². The van der Waals surface area contributed by atoms with Crippen LogP contribution < -0.4 is 5.73 Å². The summed E-state index contributed by atoms with van der Waals surface area (Å²) in [6.07, 6.45) is 8.00. The van der Waals surface area contributed by atoms with Crippen molar-refractivity contribution in [3.05, 3.63) is 66.6 Å². The molecule has 0 spiro atoms. The van der Waals surface area contributed by atoms with Gasteiger partial charge in [-0.05, 0) is 62.1 Å². The van der Waals surface area contributed by atoms with E-state index in [1.54, 1.807) is 18.2 Å². The van der Waals surface area contributed by atoms with Gasteiger partial charge in [0, 0.05) is 55.6 Å². The molecule has 8 heteroatoms. The Kier molecular flexibility index (Phi) is 6.38. The number of rotatable bonds is 4. The molecule has 2 aliphatic rings. The average molecular weight is 503 g/mol. The molecule has 2 N–H and O–H groups in total. The van der Waals surface area contributed by atoms with Crippen molar-refractivity contribution in [3.63, 3.8) is 0 Å². The molecule has 0 bridgehead atoms. The third-order valence-electron chi connectivity index (χ3n) is 8.17. The maximum atomic E-state index is 15.3. The van der Waals surface area contributed by atoms with Crippen LogP contribution in [0.1, 0.15) is 31.7 Å². The molecule has 2 aromatic heterocycles. The number of nitrogens with two attached hydrogens (primary N) is 1. The maximum Gasteiger partial charge on any atom is 0.146 e. The summed E-state index contributed by atoms with van der Waals surface area (Å²) < 4.78 is 31.2. The Morgan fingerprint density at radius 1 is 0.838 bits per heavy atom. The molecule has 1 aliphatic carbocycles. The Labute approximate surface area is 215 Å². The quantitative estimate of drug-likeness (QED) is 0.407. The van der Waals surface area contributed by atoms with Gasteiger partial charge in [0.15, 0.2) is 0 Å². The molecule has 3 heterocycles. The molecule has 1 saturated carbocycles. The van der Waals surface area contributed by atoms with Gasteiger partial charge in [-0.25, -0.2) is 18.7 Å². The largest absolute Gasteiger partial charge is 0.383 e. The molecule has 0 amide bonds. The van der Waals surface area contributed by atoms with Crippen molar-refractivity contribution in [2.75, 3.05) is 39.0 Å². The van der Waals surface area contributed by atoms with Gasteiger partial charge in [0.2, 0.25) is 0 Å². The van der Waals surface area contributed by atoms with Gasteiger partial charge in [0.25, 0.3) is 0 Å². The van der Waals surface area contributed by atoms with E-state index in [-0.39, 0.29) is 0 Å². The lowest BCUT2D eigenvalue weighted by Crippen LogP contribution is -2.49. The van der Waals surface area contributed by atoms with Crippen molar-refractivity contribution < 1.29 is 8.78 Å². The van der Waals surface area contributed by atoms with Gasteiger partial charge >= 0.3 is 0 Å². The van der Waals surface area contributed by atoms with Crippen molar-refractivity contribution in [3.8, 4) is 22.3 Å². The van der Waals surface area contributed by atoms with Gasteiger partial charge in [0.05, 0.1) is 5.39 Å². The highest BCUT2D eigenvalue weighted by molar-refractivity contribution is 6.00. The summed E-state index contributed by atoms with van der Waals surface area (Å²) in [5.74, 6) is -0.414. The highest BCUT2D eigenvalue weighted by atomic mass is 19.1. The summed E-state index contributed by atoms with van der Waals surface area (Å²) in [5, 5.41) is 0.751. The zero-order valence-electron chi connectivity index (χ0n) is 21.1. The highest BCUT2D eigenvalue weighted by Crippen LogP contribution is 2.40. The second-order valence-electron chi connectivity index (χ2n) is 10.4. The van der Waals surface area contributed by atoms with Gasteiger partial charge in [0.1, 0.15) is 29.4 Å². The molecule has 1 saturated heterocycles. The molecule has 0 radical (unpaired) electrons. The Morgan fingerprint density at radius 2 is 1.57 bits per heavy atom. The van der Waals surface area contributed by atoms with E-state index in [4.69, 9.17) is 5.73 Å². The number of benzene rings is 2. The van der Waals surface area contributed by atoms with Crippen LogP contribution in [0.15, 0.2) is 55.0 Å². The van der Waals surface area contributed by atoms with Crippen LogP contribution >= 0.6 is 0 Å². The molecular weight excluding hydrogens is 470 g/mol. The smallest absolute Gasteiger partial charge is 0.146 e. The minimum atomic E-state index is -0.410. The topological polar surface area (TPSA) is 63.2 Å². The molecule has 192 valence electrons. The summed E-state index contributed by atoms with van der Waals surface area (Å²) in [6, 6.07) is 12.0. The van der Waals surface area contributed by atoms with Crippen LogP contribution in [0.5, 0.6) is 0 Å². The minimum absolute atomic E-state index is 0.311. The minimum Gasteiger partial charge on any atom is -0.383 e. The lowest BCUT2D eigenvalue weighted by atomic mass is 9.89. The lowest BCUT2D eigenvalue weighted by Gasteiger charge is -2.41. The van der Waals surface area contributed by atoms with Crippen LogP contribution in [0.25, 0.3) is 33.3 Å². The van der Waals surface area contributed by atoms with Crippen molar-refractivity contribution in [1.82, 2.24) is 24.3 Å². The normalized spacial score (nSPS) is 21.5. The van der Waals surface area contributed by atoms with Crippen LogP contribution in [0.4, 0.5) is 14.6 Å². The monoisotopic (exact) mass is 502 g/mol. The van der Waals surface area contributed by atoms with E-state index in [1.807, 2.05) is 6.07 Å². The van der Waals surface area contributed by atoms with E-state index < -0.39 is 11.6 Å². The maximum absolute atomic E-state index is 15.3. The molecule has 4 aromatic rings. The summed E-state index contributed by atoms with van der Waals surface area (Å²) in [6.45, 7) is 4.55. The van der Waals surface area contributed by atoms with Crippen molar-refractivity contribution in [2.24, 2.45) is 0 Å². The van der Waals surface area contributed by atoms with Crippen molar-refractivity contribution in [1.29, 1.82) is 0 Å². The number of nitrogen functional groups attached to an aromatic ring is 1. The molecule has 37 heavy (non-hydrogen) atoms. The number of aromatic nitrogens is 3. The highest BCUT2D eigenvalue weighted by Gasteiger charge is 2.30. The molecule has 0 atom stereocenters. The van der Waals surface area contributed by atoms with Gasteiger partial charge in [-0.1, -0.05) is 24.3 Å².